The Balaban J connectivity index is 2.02. The number of hydrogen-bond acceptors (Lipinski definition) is 7. The number of aromatic nitrogens is 1. The molecule has 0 aliphatic carbocycles. The molecule has 1 aromatic heterocycles. The van der Waals surface area contributed by atoms with Crippen LogP contribution in [0.15, 0.2) is 63.8 Å². The number of aliphatic hydroxyl groups is 1. The van der Waals surface area contributed by atoms with Crippen molar-refractivity contribution in [1.29, 1.82) is 0 Å². The Bertz CT molecular complexity index is 1020. The van der Waals surface area contributed by atoms with Crippen LogP contribution in [0.25, 0.3) is 6.08 Å². The molecule has 0 amide bonds. The van der Waals surface area contributed by atoms with Crippen molar-refractivity contribution in [2.24, 2.45) is 12.0 Å². The van der Waals surface area contributed by atoms with Gasteiger partial charge in [0.25, 0.3) is 5.69 Å². The van der Waals surface area contributed by atoms with Crippen LogP contribution in [-0.2, 0) is 16.6 Å². The van der Waals surface area contributed by atoms with E-state index in [0.717, 1.165) is 17.5 Å². The highest BCUT2D eigenvalue weighted by molar-refractivity contribution is 8.18. The minimum absolute atomic E-state index is 0.0225. The lowest BCUT2D eigenvalue weighted by Gasteiger charge is -2.03. The zero-order valence-electron chi connectivity index (χ0n) is 15.2. The Morgan fingerprint density at radius 2 is 2.07 bits per heavy atom. The number of aryl methyl sites for hydroxylation is 1. The molecule has 1 aromatic carbocycles. The van der Waals surface area contributed by atoms with Gasteiger partial charge in [-0.05, 0) is 37.3 Å². The summed E-state index contributed by atoms with van der Waals surface area (Å²) in [7, 11) is 1.87. The zero-order valence-corrected chi connectivity index (χ0v) is 16.0. The quantitative estimate of drug-likeness (QED) is 0.460. The lowest BCUT2D eigenvalue weighted by Crippen LogP contribution is -2.12. The van der Waals surface area contributed by atoms with Crippen LogP contribution in [-0.4, -0.2) is 32.2 Å². The van der Waals surface area contributed by atoms with Gasteiger partial charge in [-0.15, -0.1) is 0 Å². The smallest absolute Gasteiger partial charge is 0.344 e. The van der Waals surface area contributed by atoms with E-state index in [1.165, 1.54) is 24.3 Å². The Hall–Kier alpha value is -3.33. The minimum atomic E-state index is -0.677. The van der Waals surface area contributed by atoms with Gasteiger partial charge in [-0.25, -0.2) is 9.79 Å². The lowest BCUT2D eigenvalue weighted by molar-refractivity contribution is -0.384. The number of hydrogen-bond donors (Lipinski definition) is 1. The number of aliphatic imine (C=N–C) groups is 1. The number of carbonyl (C=O) groups excluding carboxylic acids is 1. The first kappa shape index (κ1) is 19.4. The maximum Gasteiger partial charge on any atom is 0.344 e. The fourth-order valence-corrected chi connectivity index (χ4v) is 3.54. The number of carbonyl (C=O) groups is 1. The number of nitrogens with zero attached hydrogens (tertiary/aromatic N) is 3. The average Bonchev–Trinajstić information content (AvgIpc) is 3.19. The third-order valence-corrected chi connectivity index (χ3v) is 4.94. The van der Waals surface area contributed by atoms with Gasteiger partial charge in [-0.3, -0.25) is 10.1 Å². The van der Waals surface area contributed by atoms with Crippen LogP contribution in [0.4, 0.5) is 11.4 Å². The lowest BCUT2D eigenvalue weighted by atomic mass is 10.2. The molecule has 2 heterocycles. The van der Waals surface area contributed by atoms with E-state index >= 15 is 0 Å². The topological polar surface area (TPSA) is 107 Å². The van der Waals surface area contributed by atoms with Crippen molar-refractivity contribution in [3.63, 3.8) is 0 Å². The van der Waals surface area contributed by atoms with Gasteiger partial charge >= 0.3 is 5.97 Å². The molecule has 0 spiro atoms. The number of aliphatic hydroxyl groups excluding tert-OH is 1. The van der Waals surface area contributed by atoms with E-state index in [1.807, 2.05) is 29.9 Å². The molecule has 0 saturated heterocycles. The van der Waals surface area contributed by atoms with Crippen LogP contribution in [0.5, 0.6) is 0 Å². The Morgan fingerprint density at radius 3 is 2.64 bits per heavy atom. The molecule has 0 unspecified atom stereocenters. The van der Waals surface area contributed by atoms with E-state index in [0.29, 0.717) is 10.6 Å². The van der Waals surface area contributed by atoms with Crippen molar-refractivity contribution in [2.75, 3.05) is 6.61 Å². The van der Waals surface area contributed by atoms with E-state index in [-0.39, 0.29) is 28.7 Å². The Morgan fingerprint density at radius 1 is 1.36 bits per heavy atom. The molecule has 0 radical (unpaired) electrons. The van der Waals surface area contributed by atoms with E-state index < -0.39 is 10.9 Å². The molecule has 0 bridgehead atoms. The number of ether oxygens (including phenoxy) is 1. The molecule has 1 N–H and O–H groups in total. The molecular weight excluding hydrogens is 382 g/mol. The predicted octanol–water partition coefficient (Wildman–Crippen LogP) is 4.13. The highest BCUT2D eigenvalue weighted by Gasteiger charge is 2.33. The summed E-state index contributed by atoms with van der Waals surface area (Å²) in [6.07, 6.45) is 3.61. The fraction of sp³-hybridized carbons (Fsp3) is 0.158. The van der Waals surface area contributed by atoms with Crippen LogP contribution >= 0.6 is 11.8 Å². The van der Waals surface area contributed by atoms with E-state index in [9.17, 15) is 20.0 Å². The second kappa shape index (κ2) is 8.13. The fourth-order valence-electron chi connectivity index (χ4n) is 2.52. The summed E-state index contributed by atoms with van der Waals surface area (Å²) in [5, 5.41) is 21.7. The molecule has 3 rings (SSSR count). The first-order chi connectivity index (χ1) is 13.4. The largest absolute Gasteiger partial charge is 0.506 e. The first-order valence-electron chi connectivity index (χ1n) is 8.35. The van der Waals surface area contributed by atoms with Gasteiger partial charge < -0.3 is 14.4 Å². The molecule has 9 heteroatoms. The first-order valence-corrected chi connectivity index (χ1v) is 9.17. The van der Waals surface area contributed by atoms with Gasteiger partial charge in [0.15, 0.2) is 0 Å². The van der Waals surface area contributed by atoms with Gasteiger partial charge in [0, 0.05) is 31.1 Å². The van der Waals surface area contributed by atoms with E-state index in [1.54, 1.807) is 13.0 Å². The molecule has 0 atom stereocenters. The van der Waals surface area contributed by atoms with Gasteiger partial charge in [-0.1, -0.05) is 11.8 Å². The molecule has 1 aliphatic heterocycles. The van der Waals surface area contributed by atoms with Crippen LogP contribution in [0, 0.1) is 10.1 Å². The van der Waals surface area contributed by atoms with Crippen LogP contribution in [0.1, 0.15) is 12.6 Å². The number of rotatable bonds is 5. The highest BCUT2D eigenvalue weighted by Crippen LogP contribution is 2.40. The molecule has 2 aromatic rings. The summed E-state index contributed by atoms with van der Waals surface area (Å²) in [6, 6.07) is 9.34. The number of nitro benzene ring substituents is 1. The van der Waals surface area contributed by atoms with Crippen LogP contribution in [0.3, 0.4) is 0 Å². The van der Waals surface area contributed by atoms with Crippen LogP contribution in [0.2, 0.25) is 0 Å². The number of non-ortho nitro benzene ring substituents is 1. The highest BCUT2D eigenvalue weighted by atomic mass is 32.2. The zero-order chi connectivity index (χ0) is 20.3. The number of thioether (sulfide) groups is 1. The maximum absolute atomic E-state index is 12.4. The summed E-state index contributed by atoms with van der Waals surface area (Å²) in [6.45, 7) is 1.83. The molecule has 0 fully saturated rings. The maximum atomic E-state index is 12.4. The van der Waals surface area contributed by atoms with Gasteiger partial charge in [-0.2, -0.15) is 0 Å². The molecule has 8 nitrogen and oxygen atoms in total. The molecule has 1 aliphatic rings. The number of benzene rings is 1. The normalized spacial score (nSPS) is 16.8. The van der Waals surface area contributed by atoms with Crippen molar-refractivity contribution in [3.05, 3.63) is 74.6 Å². The van der Waals surface area contributed by atoms with Gasteiger partial charge in [0.05, 0.1) is 22.1 Å². The Kier molecular flexibility index (Phi) is 5.65. The van der Waals surface area contributed by atoms with Crippen molar-refractivity contribution < 1.29 is 19.6 Å². The predicted molar refractivity (Wildman–Crippen MR) is 107 cm³/mol. The molecule has 0 saturated carbocycles. The van der Waals surface area contributed by atoms with E-state index in [4.69, 9.17) is 4.74 Å². The van der Waals surface area contributed by atoms with Crippen molar-refractivity contribution in [3.8, 4) is 0 Å². The second-order valence-electron chi connectivity index (χ2n) is 5.79. The summed E-state index contributed by atoms with van der Waals surface area (Å²) >= 11 is 1.13. The molecular formula is C19H17N3O5S. The summed E-state index contributed by atoms with van der Waals surface area (Å²) in [5.74, 6) is -0.881. The Labute approximate surface area is 165 Å². The van der Waals surface area contributed by atoms with Gasteiger partial charge in [0.1, 0.15) is 16.4 Å². The van der Waals surface area contributed by atoms with E-state index in [2.05, 4.69) is 4.99 Å². The third kappa shape index (κ3) is 3.99. The molecule has 28 heavy (non-hydrogen) atoms. The second-order valence-corrected chi connectivity index (χ2v) is 6.82. The molecule has 144 valence electrons. The summed E-state index contributed by atoms with van der Waals surface area (Å²) < 4.78 is 6.92. The third-order valence-electron chi connectivity index (χ3n) is 3.92. The average molecular weight is 399 g/mol. The van der Waals surface area contributed by atoms with Crippen molar-refractivity contribution >= 4 is 40.2 Å². The van der Waals surface area contributed by atoms with Crippen molar-refractivity contribution in [1.82, 2.24) is 4.57 Å². The SMILES string of the molecule is CCOC(=O)C1=C(O)/C(=C\c2cccn2C)SC1=Nc1ccc([N+](=O)[O-])cc1. The number of nitro groups is 1. The number of esters is 1. The van der Waals surface area contributed by atoms with Crippen LogP contribution < -0.4 is 0 Å². The monoisotopic (exact) mass is 399 g/mol. The standard InChI is InChI=1S/C19H17N3O5S/c1-3-27-19(24)16-17(23)15(11-14-5-4-10-21(14)2)28-18(16)20-12-6-8-13(9-7-12)22(25)26/h4-11,23H,3H2,1-2H3/b15-11+,20-18?. The summed E-state index contributed by atoms with van der Waals surface area (Å²) in [4.78, 5) is 27.5. The summed E-state index contributed by atoms with van der Waals surface area (Å²) in [5.41, 5.74) is 1.18. The minimum Gasteiger partial charge on any atom is -0.506 e. The van der Waals surface area contributed by atoms with Gasteiger partial charge in [0.2, 0.25) is 0 Å². The van der Waals surface area contributed by atoms with Crippen molar-refractivity contribution in [2.45, 2.75) is 6.92 Å².